The number of morpholine rings is 1. The van der Waals surface area contributed by atoms with Crippen LogP contribution >= 0.6 is 15.9 Å². The molecule has 6 nitrogen and oxygen atoms in total. The van der Waals surface area contributed by atoms with Gasteiger partial charge in [0, 0.05) is 29.7 Å². The molecular formula is C17H25BrN2O4. The third kappa shape index (κ3) is 5.65. The second-order valence-corrected chi connectivity index (χ2v) is 7.72. The Morgan fingerprint density at radius 2 is 2.25 bits per heavy atom. The third-order valence-corrected chi connectivity index (χ3v) is 4.09. The lowest BCUT2D eigenvalue weighted by molar-refractivity contribution is -0.0317. The van der Waals surface area contributed by atoms with Gasteiger partial charge in [-0.3, -0.25) is 4.90 Å². The minimum atomic E-state index is -0.518. The van der Waals surface area contributed by atoms with Crippen molar-refractivity contribution < 1.29 is 19.4 Å². The number of nitrogens with one attached hydrogen (secondary N) is 1. The molecule has 0 spiro atoms. The Kier molecular flexibility index (Phi) is 6.48. The highest BCUT2D eigenvalue weighted by molar-refractivity contribution is 9.10. The first-order chi connectivity index (χ1) is 11.3. The maximum absolute atomic E-state index is 12.3. The van der Waals surface area contributed by atoms with Crippen LogP contribution in [0.4, 0.5) is 4.79 Å². The molecule has 0 radical (unpaired) electrons. The van der Waals surface area contributed by atoms with Crippen molar-refractivity contribution in [2.75, 3.05) is 26.3 Å². The molecule has 0 aliphatic carbocycles. The van der Waals surface area contributed by atoms with Gasteiger partial charge >= 0.3 is 6.09 Å². The molecule has 134 valence electrons. The van der Waals surface area contributed by atoms with E-state index in [1.807, 2.05) is 26.8 Å². The number of aromatic hydroxyl groups is 1. The van der Waals surface area contributed by atoms with Crippen LogP contribution in [-0.2, 0) is 16.0 Å². The van der Waals surface area contributed by atoms with E-state index in [4.69, 9.17) is 9.47 Å². The fraction of sp³-hybridized carbons (Fsp3) is 0.588. The summed E-state index contributed by atoms with van der Waals surface area (Å²) in [7, 11) is 0. The quantitative estimate of drug-likeness (QED) is 0.812. The summed E-state index contributed by atoms with van der Waals surface area (Å²) in [5.74, 6) is 0.245. The van der Waals surface area contributed by atoms with Crippen molar-refractivity contribution in [3.05, 3.63) is 28.2 Å². The molecule has 1 fully saturated rings. The molecule has 1 unspecified atom stereocenters. The van der Waals surface area contributed by atoms with Crippen molar-refractivity contribution in [3.8, 4) is 5.75 Å². The molecule has 1 atom stereocenters. The summed E-state index contributed by atoms with van der Waals surface area (Å²) in [6.45, 7) is 8.13. The maximum Gasteiger partial charge on any atom is 0.410 e. The second-order valence-electron chi connectivity index (χ2n) is 6.81. The highest BCUT2D eigenvalue weighted by Crippen LogP contribution is 2.21. The molecule has 1 aliphatic heterocycles. The van der Waals surface area contributed by atoms with E-state index in [9.17, 15) is 9.90 Å². The van der Waals surface area contributed by atoms with Gasteiger partial charge in [0.2, 0.25) is 0 Å². The van der Waals surface area contributed by atoms with E-state index in [-0.39, 0.29) is 17.9 Å². The van der Waals surface area contributed by atoms with E-state index >= 15 is 0 Å². The summed E-state index contributed by atoms with van der Waals surface area (Å²) in [4.78, 5) is 14.0. The van der Waals surface area contributed by atoms with Gasteiger partial charge in [-0.05, 0) is 39.0 Å². The number of phenolic OH excluding ortho intramolecular Hbond substituents is 1. The van der Waals surface area contributed by atoms with Crippen molar-refractivity contribution in [2.45, 2.75) is 39.0 Å². The summed E-state index contributed by atoms with van der Waals surface area (Å²) >= 11 is 3.39. The maximum atomic E-state index is 12.3. The largest absolute Gasteiger partial charge is 0.508 e. The molecule has 1 amide bonds. The van der Waals surface area contributed by atoms with Crippen molar-refractivity contribution in [3.63, 3.8) is 0 Å². The zero-order valence-electron chi connectivity index (χ0n) is 14.3. The number of rotatable bonds is 4. The molecule has 2 N–H and O–H groups in total. The van der Waals surface area contributed by atoms with Gasteiger partial charge in [0.25, 0.3) is 0 Å². The smallest absolute Gasteiger partial charge is 0.410 e. The Labute approximate surface area is 151 Å². The van der Waals surface area contributed by atoms with E-state index in [0.29, 0.717) is 32.8 Å². The van der Waals surface area contributed by atoms with Crippen molar-refractivity contribution >= 4 is 22.0 Å². The SMILES string of the molecule is CC(C)(C)OC(=O)N1CCOCC1CNCc1cc(Br)ccc1O. The van der Waals surface area contributed by atoms with Gasteiger partial charge in [-0.2, -0.15) is 0 Å². The summed E-state index contributed by atoms with van der Waals surface area (Å²) in [6, 6.07) is 5.21. The first kappa shape index (κ1) is 19.0. The Bertz CT molecular complexity index is 574. The first-order valence-electron chi connectivity index (χ1n) is 8.02. The van der Waals surface area contributed by atoms with Gasteiger partial charge in [-0.25, -0.2) is 4.79 Å². The highest BCUT2D eigenvalue weighted by atomic mass is 79.9. The van der Waals surface area contributed by atoms with Crippen molar-refractivity contribution in [1.82, 2.24) is 10.2 Å². The minimum Gasteiger partial charge on any atom is -0.508 e. The zero-order chi connectivity index (χ0) is 17.7. The topological polar surface area (TPSA) is 71.0 Å². The highest BCUT2D eigenvalue weighted by Gasteiger charge is 2.30. The second kappa shape index (κ2) is 8.18. The lowest BCUT2D eigenvalue weighted by atomic mass is 10.2. The van der Waals surface area contributed by atoms with E-state index in [1.165, 1.54) is 0 Å². The van der Waals surface area contributed by atoms with Crippen LogP contribution < -0.4 is 5.32 Å². The van der Waals surface area contributed by atoms with Crippen LogP contribution in [0.25, 0.3) is 0 Å². The van der Waals surface area contributed by atoms with Gasteiger partial charge in [0.05, 0.1) is 19.3 Å². The first-order valence-corrected chi connectivity index (χ1v) is 8.81. The molecule has 1 aromatic carbocycles. The summed E-state index contributed by atoms with van der Waals surface area (Å²) in [5.41, 5.74) is 0.278. The average molecular weight is 401 g/mol. The molecule has 1 aliphatic rings. The van der Waals surface area contributed by atoms with Crippen molar-refractivity contribution in [1.29, 1.82) is 0 Å². The third-order valence-electron chi connectivity index (χ3n) is 3.59. The number of hydrogen-bond acceptors (Lipinski definition) is 5. The molecule has 1 saturated heterocycles. The molecule has 1 aromatic rings. The molecule has 0 bridgehead atoms. The van der Waals surface area contributed by atoms with Crippen LogP contribution in [0.3, 0.4) is 0 Å². The lowest BCUT2D eigenvalue weighted by Gasteiger charge is -2.36. The number of amides is 1. The Balaban J connectivity index is 1.91. The Morgan fingerprint density at radius 1 is 1.50 bits per heavy atom. The lowest BCUT2D eigenvalue weighted by Crippen LogP contribution is -2.54. The predicted octanol–water partition coefficient (Wildman–Crippen LogP) is 2.88. The monoisotopic (exact) mass is 400 g/mol. The summed E-state index contributed by atoms with van der Waals surface area (Å²) in [6.07, 6.45) is -0.317. The van der Waals surface area contributed by atoms with Gasteiger partial charge < -0.3 is 19.9 Å². The van der Waals surface area contributed by atoms with Gasteiger partial charge in [0.15, 0.2) is 0 Å². The van der Waals surface area contributed by atoms with Crippen LogP contribution in [0, 0.1) is 0 Å². The number of nitrogens with zero attached hydrogens (tertiary/aromatic N) is 1. The van der Waals surface area contributed by atoms with Crippen LogP contribution in [0.2, 0.25) is 0 Å². The number of benzene rings is 1. The van der Waals surface area contributed by atoms with Gasteiger partial charge in [-0.15, -0.1) is 0 Å². The van der Waals surface area contributed by atoms with Crippen LogP contribution in [0.15, 0.2) is 22.7 Å². The number of carbonyl (C=O) groups excluding carboxylic acids is 1. The molecule has 7 heteroatoms. The van der Waals surface area contributed by atoms with Gasteiger partial charge in [-0.1, -0.05) is 15.9 Å². The standard InChI is InChI=1S/C17H25BrN2O4/c1-17(2,3)24-16(22)20-6-7-23-11-14(20)10-19-9-12-8-13(18)4-5-15(12)21/h4-5,8,14,19,21H,6-7,9-11H2,1-3H3. The van der Waals surface area contributed by atoms with E-state index in [0.717, 1.165) is 10.0 Å². The minimum absolute atomic E-state index is 0.0945. The molecule has 0 saturated carbocycles. The number of halogens is 1. The molecule has 24 heavy (non-hydrogen) atoms. The van der Waals surface area contributed by atoms with Crippen LogP contribution in [0.1, 0.15) is 26.3 Å². The van der Waals surface area contributed by atoms with Crippen molar-refractivity contribution in [2.24, 2.45) is 0 Å². The molecule has 2 rings (SSSR count). The van der Waals surface area contributed by atoms with Crippen LogP contribution in [-0.4, -0.2) is 54.0 Å². The van der Waals surface area contributed by atoms with Crippen LogP contribution in [0.5, 0.6) is 5.75 Å². The predicted molar refractivity (Wildman–Crippen MR) is 95.1 cm³/mol. The molecule has 0 aromatic heterocycles. The number of hydrogen-bond donors (Lipinski definition) is 2. The van der Waals surface area contributed by atoms with E-state index < -0.39 is 5.60 Å². The molecular weight excluding hydrogens is 376 g/mol. The fourth-order valence-electron chi connectivity index (χ4n) is 2.45. The average Bonchev–Trinajstić information content (AvgIpc) is 2.49. The zero-order valence-corrected chi connectivity index (χ0v) is 15.9. The van der Waals surface area contributed by atoms with Gasteiger partial charge in [0.1, 0.15) is 11.4 Å². The van der Waals surface area contributed by atoms with E-state index in [2.05, 4.69) is 21.2 Å². The Morgan fingerprint density at radius 3 is 2.96 bits per heavy atom. The molecule has 1 heterocycles. The number of carbonyl (C=O) groups is 1. The number of phenols is 1. The normalized spacial score (nSPS) is 18.5. The number of ether oxygens (including phenoxy) is 2. The Hall–Kier alpha value is -1.31. The fourth-order valence-corrected chi connectivity index (χ4v) is 2.86. The summed E-state index contributed by atoms with van der Waals surface area (Å²) in [5, 5.41) is 13.1. The van der Waals surface area contributed by atoms with E-state index in [1.54, 1.807) is 17.0 Å². The summed E-state index contributed by atoms with van der Waals surface area (Å²) < 4.78 is 11.9.